The summed E-state index contributed by atoms with van der Waals surface area (Å²) >= 11 is 4.10. The number of rotatable bonds is 4. The van der Waals surface area contributed by atoms with E-state index in [1.165, 1.54) is 4.31 Å². The molecule has 2 aromatic rings. The third kappa shape index (κ3) is 3.45. The molecule has 1 aromatic carbocycles. The number of benzene rings is 1. The molecular weight excluding hydrogens is 252 g/mol. The maximum Gasteiger partial charge on any atom is 0.334 e. The van der Waals surface area contributed by atoms with Gasteiger partial charge in [-0.25, -0.2) is 4.79 Å². The number of carbonyl (C=O) groups excluding carboxylic acids is 1. The third-order valence-electron chi connectivity index (χ3n) is 2.25. The predicted molar refractivity (Wildman–Crippen MR) is 69.0 cm³/mol. The van der Waals surface area contributed by atoms with Crippen LogP contribution in [0.15, 0.2) is 30.3 Å². The molecule has 7 nitrogen and oxygen atoms in total. The van der Waals surface area contributed by atoms with E-state index in [-0.39, 0.29) is 5.95 Å². The average Bonchev–Trinajstić information content (AvgIpc) is 2.90. The van der Waals surface area contributed by atoms with E-state index in [2.05, 4.69) is 38.8 Å². The van der Waals surface area contributed by atoms with Gasteiger partial charge in [0, 0.05) is 6.54 Å². The van der Waals surface area contributed by atoms with Crippen LogP contribution in [0.25, 0.3) is 0 Å². The Bertz CT molecular complexity index is 488. The summed E-state index contributed by atoms with van der Waals surface area (Å²) in [6, 6.07) is 9.47. The van der Waals surface area contributed by atoms with Gasteiger partial charge >= 0.3 is 6.03 Å². The Hall–Kier alpha value is -2.09. The molecule has 0 aliphatic carbocycles. The van der Waals surface area contributed by atoms with Crippen molar-refractivity contribution < 1.29 is 4.79 Å². The Morgan fingerprint density at radius 3 is 2.83 bits per heavy atom. The molecule has 0 fully saturated rings. The lowest BCUT2D eigenvalue weighted by Crippen LogP contribution is -2.29. The predicted octanol–water partition coefficient (Wildman–Crippen LogP) is 1.12. The summed E-state index contributed by atoms with van der Waals surface area (Å²) in [5, 5.41) is 15.3. The van der Waals surface area contributed by atoms with Crippen molar-refractivity contribution >= 4 is 24.8 Å². The molecule has 0 aliphatic heterocycles. The zero-order chi connectivity index (χ0) is 12.8. The number of anilines is 1. The van der Waals surface area contributed by atoms with Crippen molar-refractivity contribution in [3.05, 3.63) is 35.9 Å². The fourth-order valence-electron chi connectivity index (χ4n) is 1.36. The lowest BCUT2D eigenvalue weighted by atomic mass is 10.1. The Kier molecular flexibility index (Phi) is 4.13. The topological polar surface area (TPSA) is 86.8 Å². The van der Waals surface area contributed by atoms with Crippen LogP contribution in [0.3, 0.4) is 0 Å². The molecule has 0 saturated heterocycles. The molecule has 94 valence electrons. The zero-order valence-electron chi connectivity index (χ0n) is 9.45. The molecule has 1 aromatic heterocycles. The van der Waals surface area contributed by atoms with Crippen molar-refractivity contribution in [1.82, 2.24) is 24.9 Å². The van der Waals surface area contributed by atoms with Crippen LogP contribution in [0.1, 0.15) is 5.56 Å². The van der Waals surface area contributed by atoms with Gasteiger partial charge in [-0.05, 0) is 17.2 Å². The smallest absolute Gasteiger partial charge is 0.273 e. The van der Waals surface area contributed by atoms with E-state index in [0.717, 1.165) is 12.0 Å². The van der Waals surface area contributed by atoms with E-state index in [0.29, 0.717) is 6.54 Å². The highest BCUT2D eigenvalue weighted by atomic mass is 32.1. The summed E-state index contributed by atoms with van der Waals surface area (Å²) < 4.78 is 1.27. The minimum absolute atomic E-state index is 0.124. The summed E-state index contributed by atoms with van der Waals surface area (Å²) in [6.07, 6.45) is 0.726. The van der Waals surface area contributed by atoms with Gasteiger partial charge in [-0.2, -0.15) is 5.21 Å². The van der Waals surface area contributed by atoms with Crippen LogP contribution >= 0.6 is 12.8 Å². The van der Waals surface area contributed by atoms with Crippen molar-refractivity contribution in [2.24, 2.45) is 0 Å². The van der Waals surface area contributed by atoms with Gasteiger partial charge in [-0.15, -0.1) is 5.10 Å². The molecule has 8 heteroatoms. The first kappa shape index (κ1) is 12.4. The largest absolute Gasteiger partial charge is 0.334 e. The molecule has 0 spiro atoms. The normalized spacial score (nSPS) is 10.1. The number of urea groups is 1. The highest BCUT2D eigenvalue weighted by molar-refractivity contribution is 7.78. The van der Waals surface area contributed by atoms with Gasteiger partial charge in [0.2, 0.25) is 0 Å². The van der Waals surface area contributed by atoms with Gasteiger partial charge in [-0.1, -0.05) is 48.2 Å². The van der Waals surface area contributed by atoms with E-state index in [1.54, 1.807) is 0 Å². The Labute approximate surface area is 109 Å². The number of hydrogen-bond donors (Lipinski definition) is 3. The summed E-state index contributed by atoms with van der Waals surface area (Å²) in [6.45, 7) is 0.483. The monoisotopic (exact) mass is 264 g/mol. The third-order valence-corrected chi connectivity index (χ3v) is 2.64. The number of amides is 2. The number of nitrogens with one attached hydrogen (secondary N) is 2. The van der Waals surface area contributed by atoms with Crippen molar-refractivity contribution in [3.8, 4) is 0 Å². The number of aromatic amines is 1. The molecule has 0 atom stereocenters. The van der Waals surface area contributed by atoms with Crippen molar-refractivity contribution in [2.45, 2.75) is 6.42 Å². The SMILES string of the molecule is O=C(Nc1nn[nH]n1)N(S)CCc1ccccc1. The number of carbonyl (C=O) groups is 1. The fraction of sp³-hybridized carbons (Fsp3) is 0.200. The average molecular weight is 264 g/mol. The Balaban J connectivity index is 1.81. The number of tetrazole rings is 1. The minimum atomic E-state index is -0.393. The number of H-pyrrole nitrogens is 1. The van der Waals surface area contributed by atoms with E-state index >= 15 is 0 Å². The fourth-order valence-corrected chi connectivity index (χ4v) is 1.51. The zero-order valence-corrected chi connectivity index (χ0v) is 10.3. The molecular formula is C10H12N6OS. The van der Waals surface area contributed by atoms with Crippen molar-refractivity contribution in [3.63, 3.8) is 0 Å². The summed E-state index contributed by atoms with van der Waals surface area (Å²) in [4.78, 5) is 11.6. The van der Waals surface area contributed by atoms with Crippen LogP contribution in [0.2, 0.25) is 0 Å². The molecule has 0 unspecified atom stereocenters. The van der Waals surface area contributed by atoms with Crippen molar-refractivity contribution in [2.75, 3.05) is 11.9 Å². The number of nitrogens with zero attached hydrogens (tertiary/aromatic N) is 4. The maximum atomic E-state index is 11.6. The maximum absolute atomic E-state index is 11.6. The summed E-state index contributed by atoms with van der Waals surface area (Å²) in [5.74, 6) is 0.124. The summed E-state index contributed by atoms with van der Waals surface area (Å²) in [5.41, 5.74) is 1.14. The number of thiol groups is 1. The van der Waals surface area contributed by atoms with E-state index in [4.69, 9.17) is 0 Å². The highest BCUT2D eigenvalue weighted by Gasteiger charge is 2.11. The molecule has 0 bridgehead atoms. The molecule has 2 amide bonds. The van der Waals surface area contributed by atoms with E-state index < -0.39 is 6.03 Å². The Morgan fingerprint density at radius 2 is 2.17 bits per heavy atom. The second kappa shape index (κ2) is 6.01. The van der Waals surface area contributed by atoms with Gasteiger partial charge in [0.25, 0.3) is 5.95 Å². The molecule has 0 aliphatic rings. The first-order valence-electron chi connectivity index (χ1n) is 5.30. The number of aromatic nitrogens is 4. The van der Waals surface area contributed by atoms with Crippen LogP contribution in [-0.2, 0) is 6.42 Å². The van der Waals surface area contributed by atoms with Crippen molar-refractivity contribution in [1.29, 1.82) is 0 Å². The van der Waals surface area contributed by atoms with Gasteiger partial charge in [0.05, 0.1) is 0 Å². The first-order chi connectivity index (χ1) is 8.75. The van der Waals surface area contributed by atoms with Crippen LogP contribution in [-0.4, -0.2) is 37.5 Å². The molecule has 2 N–H and O–H groups in total. The molecule has 1 heterocycles. The van der Waals surface area contributed by atoms with Crippen LogP contribution in [0.4, 0.5) is 10.7 Å². The van der Waals surface area contributed by atoms with Gasteiger partial charge in [0.1, 0.15) is 0 Å². The second-order valence-electron chi connectivity index (χ2n) is 3.52. The standard InChI is InChI=1S/C10H12N6OS/c17-10(11-9-12-14-15-13-9)16(18)7-6-8-4-2-1-3-5-8/h1-5,18H,6-7H2,(H2,11,12,13,14,15,17). The quantitative estimate of drug-likeness (QED) is 0.722. The molecule has 2 rings (SSSR count). The van der Waals surface area contributed by atoms with Gasteiger partial charge in [0.15, 0.2) is 0 Å². The van der Waals surface area contributed by atoms with E-state index in [9.17, 15) is 4.79 Å². The van der Waals surface area contributed by atoms with Gasteiger partial charge < -0.3 is 0 Å². The molecule has 18 heavy (non-hydrogen) atoms. The number of hydrogen-bond acceptors (Lipinski definition) is 5. The summed E-state index contributed by atoms with van der Waals surface area (Å²) in [7, 11) is 0. The molecule has 0 saturated carbocycles. The van der Waals surface area contributed by atoms with Crippen LogP contribution < -0.4 is 5.32 Å². The lowest BCUT2D eigenvalue weighted by Gasteiger charge is -2.14. The van der Waals surface area contributed by atoms with Gasteiger partial charge in [-0.3, -0.25) is 9.62 Å². The Morgan fingerprint density at radius 1 is 1.39 bits per heavy atom. The van der Waals surface area contributed by atoms with Crippen LogP contribution in [0.5, 0.6) is 0 Å². The highest BCUT2D eigenvalue weighted by Crippen LogP contribution is 2.05. The lowest BCUT2D eigenvalue weighted by molar-refractivity contribution is 0.239. The first-order valence-corrected chi connectivity index (χ1v) is 5.70. The minimum Gasteiger partial charge on any atom is -0.273 e. The molecule has 0 radical (unpaired) electrons. The van der Waals surface area contributed by atoms with Crippen LogP contribution in [0, 0.1) is 0 Å². The second-order valence-corrected chi connectivity index (χ2v) is 4.01. The van der Waals surface area contributed by atoms with E-state index in [1.807, 2.05) is 30.3 Å².